The number of rotatable bonds is 2. The zero-order valence-corrected chi connectivity index (χ0v) is 9.67. The van der Waals surface area contributed by atoms with E-state index in [0.717, 1.165) is 6.07 Å². The van der Waals surface area contributed by atoms with E-state index in [9.17, 15) is 9.18 Å². The van der Waals surface area contributed by atoms with Gasteiger partial charge in [0.1, 0.15) is 0 Å². The van der Waals surface area contributed by atoms with Gasteiger partial charge in [-0.2, -0.15) is 0 Å². The molecule has 0 saturated carbocycles. The van der Waals surface area contributed by atoms with Crippen molar-refractivity contribution >= 4 is 11.6 Å². The van der Waals surface area contributed by atoms with Crippen molar-refractivity contribution in [2.75, 3.05) is 5.32 Å². The van der Waals surface area contributed by atoms with Gasteiger partial charge >= 0.3 is 0 Å². The third-order valence-electron chi connectivity index (χ3n) is 1.92. The van der Waals surface area contributed by atoms with E-state index in [-0.39, 0.29) is 11.3 Å². The number of nitrogens with one attached hydrogen (secondary N) is 1. The molecule has 2 N–H and O–H groups in total. The van der Waals surface area contributed by atoms with Crippen molar-refractivity contribution in [2.45, 2.75) is 27.2 Å². The highest BCUT2D eigenvalue weighted by atomic mass is 19.1. The zero-order chi connectivity index (χ0) is 12.3. The first-order valence-electron chi connectivity index (χ1n) is 5.06. The number of halogens is 1. The fourth-order valence-corrected chi connectivity index (χ4v) is 1.27. The largest absolute Gasteiger partial charge is 0.505 e. The number of amides is 1. The Morgan fingerprint density at radius 1 is 1.44 bits per heavy atom. The highest BCUT2D eigenvalue weighted by molar-refractivity contribution is 5.91. The van der Waals surface area contributed by atoms with Crippen LogP contribution in [0.25, 0.3) is 0 Å². The molecule has 0 aliphatic rings. The third-order valence-corrected chi connectivity index (χ3v) is 1.92. The summed E-state index contributed by atoms with van der Waals surface area (Å²) in [6.45, 7) is 5.85. The molecule has 0 fully saturated rings. The summed E-state index contributed by atoms with van der Waals surface area (Å²) in [5, 5.41) is 11.6. The van der Waals surface area contributed by atoms with E-state index in [1.807, 2.05) is 20.8 Å². The maximum atomic E-state index is 13.0. The first-order valence-corrected chi connectivity index (χ1v) is 5.06. The molecular formula is C12H16FNO2. The number of hydrogen-bond donors (Lipinski definition) is 2. The molecule has 1 aromatic carbocycles. The molecule has 0 radical (unpaired) electrons. The molecule has 0 saturated heterocycles. The Balaban J connectivity index is 2.67. The van der Waals surface area contributed by atoms with Gasteiger partial charge in [-0.15, -0.1) is 0 Å². The van der Waals surface area contributed by atoms with Crippen molar-refractivity contribution in [3.8, 4) is 5.75 Å². The van der Waals surface area contributed by atoms with Crippen molar-refractivity contribution in [1.82, 2.24) is 0 Å². The molecule has 0 aliphatic heterocycles. The lowest BCUT2D eigenvalue weighted by atomic mass is 9.92. The molecule has 1 rings (SSSR count). The number of benzene rings is 1. The van der Waals surface area contributed by atoms with Crippen molar-refractivity contribution in [3.05, 3.63) is 24.0 Å². The SMILES string of the molecule is CC(C)(C)CC(=O)Nc1ccc(O)c(F)c1. The van der Waals surface area contributed by atoms with E-state index in [0.29, 0.717) is 12.1 Å². The number of aromatic hydroxyl groups is 1. The predicted octanol–water partition coefficient (Wildman–Crippen LogP) is 2.91. The molecule has 0 spiro atoms. The van der Waals surface area contributed by atoms with Crippen molar-refractivity contribution in [3.63, 3.8) is 0 Å². The Bertz CT molecular complexity index is 396. The summed E-state index contributed by atoms with van der Waals surface area (Å²) in [7, 11) is 0. The molecule has 1 amide bonds. The molecule has 0 atom stereocenters. The highest BCUT2D eigenvalue weighted by Gasteiger charge is 2.16. The third kappa shape index (κ3) is 3.88. The maximum Gasteiger partial charge on any atom is 0.224 e. The Morgan fingerprint density at radius 2 is 2.06 bits per heavy atom. The first kappa shape index (κ1) is 12.5. The van der Waals surface area contributed by atoms with Crippen LogP contribution in [0.15, 0.2) is 18.2 Å². The summed E-state index contributed by atoms with van der Waals surface area (Å²) in [6, 6.07) is 3.76. The number of hydrogen-bond acceptors (Lipinski definition) is 2. The van der Waals surface area contributed by atoms with Gasteiger partial charge in [-0.25, -0.2) is 4.39 Å². The van der Waals surface area contributed by atoms with Crippen LogP contribution in [0.5, 0.6) is 5.75 Å². The van der Waals surface area contributed by atoms with Gasteiger partial charge in [-0.05, 0) is 17.5 Å². The average molecular weight is 225 g/mol. The average Bonchev–Trinajstić information content (AvgIpc) is 2.08. The van der Waals surface area contributed by atoms with Crippen LogP contribution in [0.2, 0.25) is 0 Å². The maximum absolute atomic E-state index is 13.0. The number of phenols is 1. The lowest BCUT2D eigenvalue weighted by Gasteiger charge is -2.17. The smallest absolute Gasteiger partial charge is 0.224 e. The molecule has 0 unspecified atom stereocenters. The highest BCUT2D eigenvalue weighted by Crippen LogP contribution is 2.22. The first-order chi connectivity index (χ1) is 7.28. The van der Waals surface area contributed by atoms with E-state index >= 15 is 0 Å². The van der Waals surface area contributed by atoms with Gasteiger partial charge < -0.3 is 10.4 Å². The van der Waals surface area contributed by atoms with Crippen LogP contribution in [0.3, 0.4) is 0 Å². The second-order valence-electron chi connectivity index (χ2n) is 4.95. The molecule has 0 aliphatic carbocycles. The van der Waals surface area contributed by atoms with Crippen LogP contribution in [0, 0.1) is 11.2 Å². The van der Waals surface area contributed by atoms with Crippen LogP contribution >= 0.6 is 0 Å². The summed E-state index contributed by atoms with van der Waals surface area (Å²) in [5.41, 5.74) is 0.240. The second-order valence-corrected chi connectivity index (χ2v) is 4.95. The molecule has 0 heterocycles. The molecule has 1 aromatic rings. The Morgan fingerprint density at radius 3 is 2.56 bits per heavy atom. The summed E-state index contributed by atoms with van der Waals surface area (Å²) < 4.78 is 13.0. The standard InChI is InChI=1S/C12H16FNO2/c1-12(2,3)7-11(16)14-8-4-5-10(15)9(13)6-8/h4-6,15H,7H2,1-3H3,(H,14,16). The van der Waals surface area contributed by atoms with Crippen LogP contribution in [-0.4, -0.2) is 11.0 Å². The lowest BCUT2D eigenvalue weighted by molar-refractivity contribution is -0.117. The Hall–Kier alpha value is -1.58. The zero-order valence-electron chi connectivity index (χ0n) is 9.67. The van der Waals surface area contributed by atoms with Gasteiger partial charge in [-0.3, -0.25) is 4.79 Å². The summed E-state index contributed by atoms with van der Waals surface area (Å²) in [5.74, 6) is -1.33. The quantitative estimate of drug-likeness (QED) is 0.760. The normalized spacial score (nSPS) is 11.2. The predicted molar refractivity (Wildman–Crippen MR) is 60.8 cm³/mol. The summed E-state index contributed by atoms with van der Waals surface area (Å²) >= 11 is 0. The lowest BCUT2D eigenvalue weighted by Crippen LogP contribution is -2.19. The monoisotopic (exact) mass is 225 g/mol. The number of phenolic OH excluding ortho intramolecular Hbond substituents is 1. The van der Waals surface area contributed by atoms with Crippen LogP contribution in [-0.2, 0) is 4.79 Å². The van der Waals surface area contributed by atoms with E-state index in [4.69, 9.17) is 5.11 Å². The van der Waals surface area contributed by atoms with Crippen LogP contribution < -0.4 is 5.32 Å². The minimum atomic E-state index is -0.742. The molecule has 0 aromatic heterocycles. The van der Waals surface area contributed by atoms with Crippen molar-refractivity contribution in [2.24, 2.45) is 5.41 Å². The summed E-state index contributed by atoms with van der Waals surface area (Å²) in [4.78, 5) is 11.5. The van der Waals surface area contributed by atoms with Gasteiger partial charge in [0.05, 0.1) is 0 Å². The van der Waals surface area contributed by atoms with Gasteiger partial charge in [0, 0.05) is 18.2 Å². The topological polar surface area (TPSA) is 49.3 Å². The molecule has 3 nitrogen and oxygen atoms in total. The van der Waals surface area contributed by atoms with Gasteiger partial charge in [0.25, 0.3) is 0 Å². The minimum Gasteiger partial charge on any atom is -0.505 e. The van der Waals surface area contributed by atoms with E-state index < -0.39 is 11.6 Å². The molecule has 0 bridgehead atoms. The van der Waals surface area contributed by atoms with Crippen LogP contribution in [0.4, 0.5) is 10.1 Å². The van der Waals surface area contributed by atoms with Crippen molar-refractivity contribution in [1.29, 1.82) is 0 Å². The minimum absolute atomic E-state index is 0.112. The molecule has 4 heteroatoms. The Labute approximate surface area is 94.3 Å². The Kier molecular flexibility index (Phi) is 3.52. The van der Waals surface area contributed by atoms with Gasteiger partial charge in [-0.1, -0.05) is 20.8 Å². The van der Waals surface area contributed by atoms with E-state index in [1.54, 1.807) is 0 Å². The number of anilines is 1. The number of carbonyl (C=O) groups excluding carboxylic acids is 1. The number of carbonyl (C=O) groups is 1. The van der Waals surface area contributed by atoms with E-state index in [1.165, 1.54) is 12.1 Å². The molecule has 88 valence electrons. The fourth-order valence-electron chi connectivity index (χ4n) is 1.27. The van der Waals surface area contributed by atoms with Gasteiger partial charge in [0.2, 0.25) is 5.91 Å². The van der Waals surface area contributed by atoms with E-state index in [2.05, 4.69) is 5.32 Å². The second kappa shape index (κ2) is 4.51. The van der Waals surface area contributed by atoms with Crippen molar-refractivity contribution < 1.29 is 14.3 Å². The fraction of sp³-hybridized carbons (Fsp3) is 0.417. The van der Waals surface area contributed by atoms with Crippen LogP contribution in [0.1, 0.15) is 27.2 Å². The van der Waals surface area contributed by atoms with Gasteiger partial charge in [0.15, 0.2) is 11.6 Å². The molecular weight excluding hydrogens is 209 g/mol. The summed E-state index contributed by atoms with van der Waals surface area (Å²) in [6.07, 6.45) is 0.357. The molecule has 16 heavy (non-hydrogen) atoms.